The van der Waals surface area contributed by atoms with Crippen LogP contribution in [0.5, 0.6) is 11.5 Å². The van der Waals surface area contributed by atoms with E-state index in [1.54, 1.807) is 14.2 Å². The maximum atomic E-state index is 5.26. The van der Waals surface area contributed by atoms with Crippen LogP contribution in [0.3, 0.4) is 0 Å². The Morgan fingerprint density at radius 1 is 1.20 bits per heavy atom. The van der Waals surface area contributed by atoms with Crippen LogP contribution in [0.1, 0.15) is 17.3 Å². The number of halogens is 1. The molecule has 0 aliphatic heterocycles. The lowest BCUT2D eigenvalue weighted by molar-refractivity contribution is 0.354. The fourth-order valence-corrected chi connectivity index (χ4v) is 1.76. The number of methoxy groups -OCH3 is 2. The van der Waals surface area contributed by atoms with E-state index in [1.807, 2.05) is 25.2 Å². The molecule has 0 amide bonds. The third-order valence-electron chi connectivity index (χ3n) is 2.65. The Balaban J connectivity index is 0.00000200. The fourth-order valence-electron chi connectivity index (χ4n) is 1.76. The summed E-state index contributed by atoms with van der Waals surface area (Å²) in [4.78, 5) is 4.28. The summed E-state index contributed by atoms with van der Waals surface area (Å²) in [5, 5.41) is 6.89. The number of benzene rings is 1. The van der Waals surface area contributed by atoms with Crippen molar-refractivity contribution in [3.8, 4) is 11.5 Å². The maximum Gasteiger partial charge on any atom is 0.240 e. The molecule has 110 valence electrons. The minimum absolute atomic E-state index is 0. The summed E-state index contributed by atoms with van der Waals surface area (Å²) in [5.74, 6) is 2.63. The van der Waals surface area contributed by atoms with Crippen molar-refractivity contribution in [3.63, 3.8) is 0 Å². The minimum atomic E-state index is 0. The first-order valence-corrected chi connectivity index (χ1v) is 5.93. The van der Waals surface area contributed by atoms with Crippen molar-refractivity contribution in [2.75, 3.05) is 21.3 Å². The predicted octanol–water partition coefficient (Wildman–Crippen LogP) is 1.82. The fraction of sp³-hybridized carbons (Fsp3) is 0.385. The van der Waals surface area contributed by atoms with Crippen LogP contribution in [0.25, 0.3) is 0 Å². The summed E-state index contributed by atoms with van der Waals surface area (Å²) in [7, 11) is 5.06. The van der Waals surface area contributed by atoms with Gasteiger partial charge in [0.2, 0.25) is 5.89 Å². The molecule has 0 aliphatic carbocycles. The SMILES string of the molecule is CNCc1nc(Cc2ccc(OC)c(OC)c2)no1.Cl. The summed E-state index contributed by atoms with van der Waals surface area (Å²) in [6.07, 6.45) is 0.591. The predicted molar refractivity (Wildman–Crippen MR) is 76.7 cm³/mol. The van der Waals surface area contributed by atoms with Gasteiger partial charge in [-0.1, -0.05) is 11.2 Å². The van der Waals surface area contributed by atoms with Gasteiger partial charge in [-0.2, -0.15) is 4.98 Å². The third-order valence-corrected chi connectivity index (χ3v) is 2.65. The van der Waals surface area contributed by atoms with Crippen molar-refractivity contribution in [1.82, 2.24) is 15.5 Å². The molecule has 0 spiro atoms. The Morgan fingerprint density at radius 2 is 1.95 bits per heavy atom. The molecule has 0 fully saturated rings. The van der Waals surface area contributed by atoms with Gasteiger partial charge in [0.1, 0.15) is 0 Å². The minimum Gasteiger partial charge on any atom is -0.493 e. The van der Waals surface area contributed by atoms with Gasteiger partial charge in [-0.3, -0.25) is 0 Å². The number of aromatic nitrogens is 2. The standard InChI is InChI=1S/C13H17N3O3.ClH/c1-14-8-13-15-12(16-19-13)7-9-4-5-10(17-2)11(6-9)18-3;/h4-6,14H,7-8H2,1-3H3;1H. The van der Waals surface area contributed by atoms with E-state index in [2.05, 4.69) is 15.5 Å². The molecule has 0 radical (unpaired) electrons. The molecule has 2 aromatic rings. The highest BCUT2D eigenvalue weighted by molar-refractivity contribution is 5.85. The largest absolute Gasteiger partial charge is 0.493 e. The lowest BCUT2D eigenvalue weighted by Crippen LogP contribution is -2.05. The van der Waals surface area contributed by atoms with Crippen LogP contribution >= 0.6 is 12.4 Å². The van der Waals surface area contributed by atoms with E-state index >= 15 is 0 Å². The average Bonchev–Trinajstić information content (AvgIpc) is 2.86. The molecule has 0 atom stereocenters. The van der Waals surface area contributed by atoms with E-state index in [0.29, 0.717) is 36.2 Å². The molecule has 1 aromatic carbocycles. The number of hydrogen-bond acceptors (Lipinski definition) is 6. The molecule has 2 rings (SSSR count). The van der Waals surface area contributed by atoms with Gasteiger partial charge >= 0.3 is 0 Å². The van der Waals surface area contributed by atoms with Gasteiger partial charge in [0.05, 0.1) is 20.8 Å². The quantitative estimate of drug-likeness (QED) is 0.877. The second-order valence-electron chi connectivity index (χ2n) is 4.00. The van der Waals surface area contributed by atoms with Crippen molar-refractivity contribution >= 4 is 12.4 Å². The number of ether oxygens (including phenoxy) is 2. The van der Waals surface area contributed by atoms with Gasteiger partial charge in [-0.05, 0) is 24.7 Å². The van der Waals surface area contributed by atoms with Crippen LogP contribution in [0.15, 0.2) is 22.7 Å². The Kier molecular flexibility index (Phi) is 6.27. The molecular weight excluding hydrogens is 282 g/mol. The molecule has 6 nitrogen and oxygen atoms in total. The number of rotatable bonds is 6. The molecule has 7 heteroatoms. The van der Waals surface area contributed by atoms with Gasteiger partial charge in [0.15, 0.2) is 17.3 Å². The van der Waals surface area contributed by atoms with Gasteiger partial charge in [-0.25, -0.2) is 0 Å². The summed E-state index contributed by atoms with van der Waals surface area (Å²) in [5.41, 5.74) is 1.04. The zero-order valence-corrected chi connectivity index (χ0v) is 12.5. The Morgan fingerprint density at radius 3 is 2.60 bits per heavy atom. The van der Waals surface area contributed by atoms with Gasteiger partial charge in [-0.15, -0.1) is 12.4 Å². The first-order chi connectivity index (χ1) is 9.26. The van der Waals surface area contributed by atoms with Crippen LogP contribution in [-0.4, -0.2) is 31.4 Å². The molecule has 20 heavy (non-hydrogen) atoms. The first-order valence-electron chi connectivity index (χ1n) is 5.93. The van der Waals surface area contributed by atoms with E-state index in [0.717, 1.165) is 5.56 Å². The smallest absolute Gasteiger partial charge is 0.240 e. The average molecular weight is 300 g/mol. The summed E-state index contributed by atoms with van der Waals surface area (Å²) < 4.78 is 15.6. The molecule has 1 N–H and O–H groups in total. The van der Waals surface area contributed by atoms with Crippen molar-refractivity contribution in [2.45, 2.75) is 13.0 Å². The summed E-state index contributed by atoms with van der Waals surface area (Å²) >= 11 is 0. The summed E-state index contributed by atoms with van der Waals surface area (Å²) in [6.45, 7) is 0.568. The molecule has 1 aromatic heterocycles. The molecular formula is C13H18ClN3O3. The van der Waals surface area contributed by atoms with Crippen LogP contribution in [0, 0.1) is 0 Å². The van der Waals surface area contributed by atoms with Gasteiger partial charge in [0, 0.05) is 6.42 Å². The van der Waals surface area contributed by atoms with E-state index in [-0.39, 0.29) is 12.4 Å². The van der Waals surface area contributed by atoms with Crippen LogP contribution in [-0.2, 0) is 13.0 Å². The highest BCUT2D eigenvalue weighted by atomic mass is 35.5. The van der Waals surface area contributed by atoms with E-state index in [1.165, 1.54) is 0 Å². The normalized spacial score (nSPS) is 9.95. The van der Waals surface area contributed by atoms with E-state index in [4.69, 9.17) is 14.0 Å². The monoisotopic (exact) mass is 299 g/mol. The zero-order chi connectivity index (χ0) is 13.7. The Bertz CT molecular complexity index is 545. The molecule has 0 unspecified atom stereocenters. The molecule has 0 saturated carbocycles. The lowest BCUT2D eigenvalue weighted by Gasteiger charge is -2.08. The Labute approximate surface area is 123 Å². The van der Waals surface area contributed by atoms with Crippen LogP contribution < -0.4 is 14.8 Å². The van der Waals surface area contributed by atoms with Crippen LogP contribution in [0.2, 0.25) is 0 Å². The van der Waals surface area contributed by atoms with Crippen molar-refractivity contribution in [1.29, 1.82) is 0 Å². The summed E-state index contributed by atoms with van der Waals surface area (Å²) in [6, 6.07) is 5.73. The molecule has 0 aliphatic rings. The first kappa shape index (κ1) is 16.3. The van der Waals surface area contributed by atoms with Crippen molar-refractivity contribution in [2.24, 2.45) is 0 Å². The highest BCUT2D eigenvalue weighted by Gasteiger charge is 2.09. The zero-order valence-electron chi connectivity index (χ0n) is 11.7. The van der Waals surface area contributed by atoms with Crippen LogP contribution in [0.4, 0.5) is 0 Å². The highest BCUT2D eigenvalue weighted by Crippen LogP contribution is 2.28. The van der Waals surface area contributed by atoms with Crippen molar-refractivity contribution in [3.05, 3.63) is 35.5 Å². The van der Waals surface area contributed by atoms with E-state index < -0.39 is 0 Å². The number of nitrogens with zero attached hydrogens (tertiary/aromatic N) is 2. The molecule has 1 heterocycles. The lowest BCUT2D eigenvalue weighted by atomic mass is 10.1. The number of nitrogens with one attached hydrogen (secondary N) is 1. The molecule has 0 saturated heterocycles. The Hall–Kier alpha value is -1.79. The molecule has 0 bridgehead atoms. The van der Waals surface area contributed by atoms with Gasteiger partial charge < -0.3 is 19.3 Å². The topological polar surface area (TPSA) is 69.4 Å². The second-order valence-corrected chi connectivity index (χ2v) is 4.00. The third kappa shape index (κ3) is 3.85. The second kappa shape index (κ2) is 7.72. The number of hydrogen-bond donors (Lipinski definition) is 1. The van der Waals surface area contributed by atoms with E-state index in [9.17, 15) is 0 Å². The van der Waals surface area contributed by atoms with Gasteiger partial charge in [0.25, 0.3) is 0 Å². The maximum absolute atomic E-state index is 5.26. The van der Waals surface area contributed by atoms with Crippen molar-refractivity contribution < 1.29 is 14.0 Å².